The number of piperidine rings is 1. The normalized spacial score (nSPS) is 27.5. The van der Waals surface area contributed by atoms with Crippen molar-refractivity contribution in [2.45, 2.75) is 62.6 Å². The first-order valence-electron chi connectivity index (χ1n) is 10.6. The maximum absolute atomic E-state index is 11.6. The summed E-state index contributed by atoms with van der Waals surface area (Å²) in [5.74, 6) is 1.08. The van der Waals surface area contributed by atoms with Crippen LogP contribution in [0.2, 0.25) is 0 Å². The monoisotopic (exact) mass is 440 g/mol. The number of rotatable bonds is 9. The van der Waals surface area contributed by atoms with Crippen LogP contribution in [0.4, 0.5) is 0 Å². The van der Waals surface area contributed by atoms with Gasteiger partial charge < -0.3 is 19.9 Å². The average molecular weight is 441 g/mol. The van der Waals surface area contributed by atoms with Crippen LogP contribution in [0.25, 0.3) is 0 Å². The number of phenols is 1. The van der Waals surface area contributed by atoms with E-state index in [-0.39, 0.29) is 36.5 Å². The van der Waals surface area contributed by atoms with Crippen molar-refractivity contribution < 1.29 is 27.8 Å². The third-order valence-electron chi connectivity index (χ3n) is 5.88. The molecule has 1 saturated heterocycles. The Morgan fingerprint density at radius 3 is 2.70 bits per heavy atom. The summed E-state index contributed by atoms with van der Waals surface area (Å²) in [6.07, 6.45) is 7.33. The Bertz CT molecular complexity index is 808. The molecule has 1 aromatic rings. The Balaban J connectivity index is 1.52. The van der Waals surface area contributed by atoms with Gasteiger partial charge in [-0.05, 0) is 69.2 Å². The topological polar surface area (TPSA) is 114 Å². The zero-order chi connectivity index (χ0) is 21.6. The minimum Gasteiger partial charge on any atom is -0.508 e. The van der Waals surface area contributed by atoms with Crippen molar-refractivity contribution >= 4 is 16.3 Å². The molecule has 1 heterocycles. The van der Waals surface area contributed by atoms with E-state index < -0.39 is 10.0 Å². The number of sulfonamides is 1. The molecule has 2 fully saturated rings. The molecule has 0 radical (unpaired) electrons. The standard InChI is InChI=1S/C21H32N2O6S/c1-30(26,27)23-19-3-2-10-22-20(19)14-29-17-7-4-15(5-8-17)18-13-16(25)6-9-21(18)28-12-11-24/h6,9,11,13,15,17,19-20,22-23,25H,2-5,7-8,10,12,14H2,1H3/t15?,17?,19-,20-/m0/s1. The van der Waals surface area contributed by atoms with E-state index in [0.717, 1.165) is 50.6 Å². The van der Waals surface area contributed by atoms with Gasteiger partial charge in [0.25, 0.3) is 0 Å². The number of aldehydes is 1. The molecule has 1 aliphatic heterocycles. The van der Waals surface area contributed by atoms with Crippen molar-refractivity contribution in [1.29, 1.82) is 0 Å². The van der Waals surface area contributed by atoms with E-state index in [2.05, 4.69) is 10.0 Å². The quantitative estimate of drug-likeness (QED) is 0.501. The summed E-state index contributed by atoms with van der Waals surface area (Å²) >= 11 is 0. The van der Waals surface area contributed by atoms with Crippen molar-refractivity contribution in [2.24, 2.45) is 0 Å². The molecular weight excluding hydrogens is 408 g/mol. The van der Waals surface area contributed by atoms with Crippen molar-refractivity contribution in [2.75, 3.05) is 26.0 Å². The summed E-state index contributed by atoms with van der Waals surface area (Å²) in [6, 6.07) is 4.83. The molecule has 30 heavy (non-hydrogen) atoms. The molecule has 3 rings (SSSR count). The van der Waals surface area contributed by atoms with Crippen molar-refractivity contribution in [3.8, 4) is 11.5 Å². The number of hydrogen-bond donors (Lipinski definition) is 3. The van der Waals surface area contributed by atoms with Crippen LogP contribution in [0.1, 0.15) is 50.0 Å². The van der Waals surface area contributed by atoms with Crippen molar-refractivity contribution in [3.05, 3.63) is 23.8 Å². The maximum Gasteiger partial charge on any atom is 0.209 e. The molecule has 0 amide bonds. The third-order valence-corrected chi connectivity index (χ3v) is 6.61. The highest BCUT2D eigenvalue weighted by molar-refractivity contribution is 7.88. The lowest BCUT2D eigenvalue weighted by molar-refractivity contribution is -0.109. The number of carbonyl (C=O) groups is 1. The highest BCUT2D eigenvalue weighted by Crippen LogP contribution is 2.40. The van der Waals surface area contributed by atoms with E-state index >= 15 is 0 Å². The Morgan fingerprint density at radius 2 is 2.00 bits per heavy atom. The Hall–Kier alpha value is -1.68. The highest BCUT2D eigenvalue weighted by atomic mass is 32.2. The number of aromatic hydroxyl groups is 1. The van der Waals surface area contributed by atoms with Crippen molar-refractivity contribution in [1.82, 2.24) is 10.0 Å². The van der Waals surface area contributed by atoms with Gasteiger partial charge in [0.05, 0.1) is 19.0 Å². The van der Waals surface area contributed by atoms with Gasteiger partial charge in [0.15, 0.2) is 6.29 Å². The van der Waals surface area contributed by atoms with Gasteiger partial charge in [-0.15, -0.1) is 0 Å². The Labute approximate surface area is 178 Å². The number of carbonyl (C=O) groups excluding carboxylic acids is 1. The number of nitrogens with one attached hydrogen (secondary N) is 2. The second kappa shape index (κ2) is 10.6. The summed E-state index contributed by atoms with van der Waals surface area (Å²) in [4.78, 5) is 10.6. The Morgan fingerprint density at radius 1 is 1.23 bits per heavy atom. The fourth-order valence-electron chi connectivity index (χ4n) is 4.43. The van der Waals surface area contributed by atoms with Crippen LogP contribution < -0.4 is 14.8 Å². The SMILES string of the molecule is CS(=O)(=O)N[C@H]1CCCN[C@H]1COC1CCC(c2cc(O)ccc2OCC=O)CC1. The Kier molecular flexibility index (Phi) is 8.10. The lowest BCUT2D eigenvalue weighted by Gasteiger charge is -2.35. The molecule has 0 spiro atoms. The number of ether oxygens (including phenoxy) is 2. The smallest absolute Gasteiger partial charge is 0.209 e. The molecule has 8 nitrogen and oxygen atoms in total. The van der Waals surface area contributed by atoms with Gasteiger partial charge in [-0.25, -0.2) is 13.1 Å². The number of benzene rings is 1. The van der Waals surface area contributed by atoms with Crippen LogP contribution in [0, 0.1) is 0 Å². The number of hydrogen-bond acceptors (Lipinski definition) is 7. The molecule has 2 atom stereocenters. The van der Waals surface area contributed by atoms with Crippen molar-refractivity contribution in [3.63, 3.8) is 0 Å². The average Bonchev–Trinajstić information content (AvgIpc) is 2.71. The molecule has 0 aromatic heterocycles. The zero-order valence-electron chi connectivity index (χ0n) is 17.4. The van der Waals surface area contributed by atoms with Gasteiger partial charge in [-0.2, -0.15) is 0 Å². The third kappa shape index (κ3) is 6.66. The first kappa shape index (κ1) is 23.0. The molecule has 1 aromatic carbocycles. The van der Waals surface area contributed by atoms with Gasteiger partial charge in [-0.3, -0.25) is 4.79 Å². The van der Waals surface area contributed by atoms with Gasteiger partial charge in [-0.1, -0.05) is 0 Å². The molecule has 0 unspecified atom stereocenters. The summed E-state index contributed by atoms with van der Waals surface area (Å²) < 4.78 is 37.6. The fraction of sp³-hybridized carbons (Fsp3) is 0.667. The van der Waals surface area contributed by atoms with Crippen LogP contribution >= 0.6 is 0 Å². The molecule has 1 saturated carbocycles. The highest BCUT2D eigenvalue weighted by Gasteiger charge is 2.30. The predicted octanol–water partition coefficient (Wildman–Crippen LogP) is 1.68. The van der Waals surface area contributed by atoms with E-state index in [0.29, 0.717) is 18.6 Å². The van der Waals surface area contributed by atoms with Gasteiger partial charge in [0.1, 0.15) is 18.1 Å². The van der Waals surface area contributed by atoms with E-state index in [9.17, 15) is 18.3 Å². The van der Waals surface area contributed by atoms with Crippen LogP contribution in [0.15, 0.2) is 18.2 Å². The molecule has 168 valence electrons. The minimum atomic E-state index is -3.25. The van der Waals surface area contributed by atoms with Gasteiger partial charge in [0.2, 0.25) is 10.0 Å². The van der Waals surface area contributed by atoms with Crippen LogP contribution in [0.3, 0.4) is 0 Å². The largest absolute Gasteiger partial charge is 0.508 e. The van der Waals surface area contributed by atoms with Crippen LogP contribution in [0.5, 0.6) is 11.5 Å². The first-order chi connectivity index (χ1) is 14.4. The summed E-state index contributed by atoms with van der Waals surface area (Å²) in [7, 11) is -3.25. The van der Waals surface area contributed by atoms with Gasteiger partial charge in [0, 0.05) is 17.6 Å². The molecule has 0 bridgehead atoms. The second-order valence-electron chi connectivity index (χ2n) is 8.21. The molecule has 2 aliphatic rings. The van der Waals surface area contributed by atoms with E-state index in [1.807, 2.05) is 0 Å². The van der Waals surface area contributed by atoms with E-state index in [1.165, 1.54) is 6.26 Å². The molecule has 3 N–H and O–H groups in total. The minimum absolute atomic E-state index is 0.00664. The maximum atomic E-state index is 11.6. The van der Waals surface area contributed by atoms with Crippen LogP contribution in [-0.4, -0.2) is 64.0 Å². The second-order valence-corrected chi connectivity index (χ2v) is 9.99. The molecule has 9 heteroatoms. The lowest BCUT2D eigenvalue weighted by atomic mass is 9.82. The van der Waals surface area contributed by atoms with E-state index in [1.54, 1.807) is 18.2 Å². The van der Waals surface area contributed by atoms with Crippen LogP contribution in [-0.2, 0) is 19.6 Å². The number of phenolic OH excluding ortho intramolecular Hbond substituents is 1. The molecular formula is C21H32N2O6S. The summed E-state index contributed by atoms with van der Waals surface area (Å²) in [6.45, 7) is 1.33. The van der Waals surface area contributed by atoms with E-state index in [4.69, 9.17) is 9.47 Å². The fourth-order valence-corrected chi connectivity index (χ4v) is 5.27. The lowest BCUT2D eigenvalue weighted by Crippen LogP contribution is -2.55. The van der Waals surface area contributed by atoms with Gasteiger partial charge >= 0.3 is 0 Å². The summed E-state index contributed by atoms with van der Waals surface area (Å²) in [5, 5.41) is 13.2. The zero-order valence-corrected chi connectivity index (χ0v) is 18.2. The summed E-state index contributed by atoms with van der Waals surface area (Å²) in [5.41, 5.74) is 0.932. The first-order valence-corrected chi connectivity index (χ1v) is 12.5. The molecule has 1 aliphatic carbocycles. The predicted molar refractivity (Wildman–Crippen MR) is 113 cm³/mol.